The van der Waals surface area contributed by atoms with Crippen LogP contribution < -0.4 is 5.32 Å². The first-order chi connectivity index (χ1) is 10.3. The SMILES string of the molecule is O=C1C[C@H]([C@H]2CCCCN2CCO[C@H]2CCCCO2)CN1. The van der Waals surface area contributed by atoms with Crippen molar-refractivity contribution in [3.63, 3.8) is 0 Å². The molecule has 0 unspecified atom stereocenters. The van der Waals surface area contributed by atoms with E-state index in [1.165, 1.54) is 25.7 Å². The number of carbonyl (C=O) groups is 1. The molecule has 0 aromatic heterocycles. The predicted octanol–water partition coefficient (Wildman–Crippen LogP) is 1.52. The van der Waals surface area contributed by atoms with Gasteiger partial charge in [0.05, 0.1) is 6.61 Å². The molecule has 5 heteroatoms. The molecule has 3 heterocycles. The molecule has 1 N–H and O–H groups in total. The van der Waals surface area contributed by atoms with Gasteiger partial charge in [0.25, 0.3) is 0 Å². The molecule has 3 aliphatic rings. The van der Waals surface area contributed by atoms with Gasteiger partial charge in [0.2, 0.25) is 5.91 Å². The van der Waals surface area contributed by atoms with Crippen LogP contribution in [0.1, 0.15) is 44.9 Å². The summed E-state index contributed by atoms with van der Waals surface area (Å²) in [6, 6.07) is 0.550. The third-order valence-corrected chi connectivity index (χ3v) is 5.04. The molecule has 0 aliphatic carbocycles. The lowest BCUT2D eigenvalue weighted by Crippen LogP contribution is -2.46. The summed E-state index contributed by atoms with van der Waals surface area (Å²) >= 11 is 0. The van der Waals surface area contributed by atoms with Crippen LogP contribution in [0.2, 0.25) is 0 Å². The Hall–Kier alpha value is -0.650. The molecule has 3 saturated heterocycles. The summed E-state index contributed by atoms with van der Waals surface area (Å²) in [6.07, 6.45) is 7.90. The number of likely N-dealkylation sites (tertiary alicyclic amines) is 1. The van der Waals surface area contributed by atoms with E-state index in [9.17, 15) is 4.79 Å². The van der Waals surface area contributed by atoms with Gasteiger partial charge in [-0.3, -0.25) is 9.69 Å². The largest absolute Gasteiger partial charge is 0.356 e. The van der Waals surface area contributed by atoms with Crippen LogP contribution in [0, 0.1) is 5.92 Å². The average Bonchev–Trinajstić information content (AvgIpc) is 2.95. The highest BCUT2D eigenvalue weighted by Crippen LogP contribution is 2.27. The number of amides is 1. The standard InChI is InChI=1S/C16H28N2O3/c19-15-11-13(12-17-15)14-5-1-3-7-18(14)8-10-21-16-6-2-4-9-20-16/h13-14,16H,1-12H2,(H,17,19)/t13-,14+,16-/m0/s1. The first-order valence-electron chi connectivity index (χ1n) is 8.57. The third kappa shape index (κ3) is 4.18. The molecule has 3 atom stereocenters. The molecular formula is C16H28N2O3. The predicted molar refractivity (Wildman–Crippen MR) is 79.9 cm³/mol. The average molecular weight is 296 g/mol. The quantitative estimate of drug-likeness (QED) is 0.836. The molecule has 0 spiro atoms. The smallest absolute Gasteiger partial charge is 0.220 e. The first-order valence-corrected chi connectivity index (χ1v) is 8.57. The van der Waals surface area contributed by atoms with E-state index in [4.69, 9.17) is 9.47 Å². The van der Waals surface area contributed by atoms with Crippen molar-refractivity contribution in [1.82, 2.24) is 10.2 Å². The molecule has 0 bridgehead atoms. The monoisotopic (exact) mass is 296 g/mol. The van der Waals surface area contributed by atoms with Crippen molar-refractivity contribution >= 4 is 5.91 Å². The Morgan fingerprint density at radius 2 is 2.14 bits per heavy atom. The van der Waals surface area contributed by atoms with Gasteiger partial charge in [-0.1, -0.05) is 6.42 Å². The van der Waals surface area contributed by atoms with Gasteiger partial charge >= 0.3 is 0 Å². The Balaban J connectivity index is 1.44. The molecule has 0 saturated carbocycles. The van der Waals surface area contributed by atoms with Crippen LogP contribution >= 0.6 is 0 Å². The second-order valence-corrected chi connectivity index (χ2v) is 6.53. The Morgan fingerprint density at radius 1 is 1.24 bits per heavy atom. The van der Waals surface area contributed by atoms with E-state index in [1.54, 1.807) is 0 Å². The molecular weight excluding hydrogens is 268 g/mol. The third-order valence-electron chi connectivity index (χ3n) is 5.04. The zero-order valence-corrected chi connectivity index (χ0v) is 12.9. The summed E-state index contributed by atoms with van der Waals surface area (Å²) in [6.45, 7) is 4.55. The minimum absolute atomic E-state index is 0.0108. The normalized spacial score (nSPS) is 34.9. The van der Waals surface area contributed by atoms with Gasteiger partial charge in [-0.15, -0.1) is 0 Å². The van der Waals surface area contributed by atoms with Crippen molar-refractivity contribution in [2.45, 2.75) is 57.3 Å². The maximum Gasteiger partial charge on any atom is 0.220 e. The Labute approximate surface area is 127 Å². The summed E-state index contributed by atoms with van der Waals surface area (Å²) in [4.78, 5) is 14.0. The Kier molecular flexibility index (Phi) is 5.49. The lowest BCUT2D eigenvalue weighted by Gasteiger charge is -2.39. The second-order valence-electron chi connectivity index (χ2n) is 6.53. The molecule has 3 rings (SSSR count). The van der Waals surface area contributed by atoms with Crippen LogP contribution in [0.5, 0.6) is 0 Å². The molecule has 3 fully saturated rings. The van der Waals surface area contributed by atoms with E-state index in [0.717, 1.165) is 45.7 Å². The Bertz CT molecular complexity index is 344. The van der Waals surface area contributed by atoms with E-state index >= 15 is 0 Å². The number of piperidine rings is 1. The fraction of sp³-hybridized carbons (Fsp3) is 0.938. The van der Waals surface area contributed by atoms with Crippen molar-refractivity contribution in [3.8, 4) is 0 Å². The molecule has 5 nitrogen and oxygen atoms in total. The summed E-state index contributed by atoms with van der Waals surface area (Å²) < 4.78 is 11.5. The van der Waals surface area contributed by atoms with Crippen LogP contribution in [0.4, 0.5) is 0 Å². The van der Waals surface area contributed by atoms with Gasteiger partial charge in [-0.2, -0.15) is 0 Å². The topological polar surface area (TPSA) is 50.8 Å². The molecule has 0 aromatic rings. The highest BCUT2D eigenvalue weighted by Gasteiger charge is 2.34. The zero-order valence-electron chi connectivity index (χ0n) is 12.9. The summed E-state index contributed by atoms with van der Waals surface area (Å²) in [5, 5.41) is 2.98. The van der Waals surface area contributed by atoms with Crippen LogP contribution in [0.25, 0.3) is 0 Å². The lowest BCUT2D eigenvalue weighted by molar-refractivity contribution is -0.165. The van der Waals surface area contributed by atoms with Crippen LogP contribution in [0.3, 0.4) is 0 Å². The number of hydrogen-bond acceptors (Lipinski definition) is 4. The van der Waals surface area contributed by atoms with E-state index in [2.05, 4.69) is 10.2 Å². The first kappa shape index (κ1) is 15.3. The van der Waals surface area contributed by atoms with Crippen molar-refractivity contribution in [1.29, 1.82) is 0 Å². The molecule has 120 valence electrons. The van der Waals surface area contributed by atoms with Crippen molar-refractivity contribution in [3.05, 3.63) is 0 Å². The number of nitrogens with zero attached hydrogens (tertiary/aromatic N) is 1. The minimum atomic E-state index is 0.0108. The van der Waals surface area contributed by atoms with E-state index in [0.29, 0.717) is 18.4 Å². The number of nitrogens with one attached hydrogen (secondary N) is 1. The fourth-order valence-corrected chi connectivity index (χ4v) is 3.87. The maximum absolute atomic E-state index is 11.5. The number of carbonyl (C=O) groups excluding carboxylic acids is 1. The van der Waals surface area contributed by atoms with Gasteiger partial charge in [-0.25, -0.2) is 0 Å². The van der Waals surface area contributed by atoms with Gasteiger partial charge in [0.15, 0.2) is 6.29 Å². The molecule has 1 amide bonds. The van der Waals surface area contributed by atoms with Crippen molar-refractivity contribution in [2.24, 2.45) is 5.92 Å². The number of ether oxygens (including phenoxy) is 2. The summed E-state index contributed by atoms with van der Waals surface area (Å²) in [7, 11) is 0. The van der Waals surface area contributed by atoms with Gasteiger partial charge in [0.1, 0.15) is 0 Å². The summed E-state index contributed by atoms with van der Waals surface area (Å²) in [5.74, 6) is 0.709. The molecule has 0 aromatic carbocycles. The van der Waals surface area contributed by atoms with Crippen LogP contribution in [0.15, 0.2) is 0 Å². The van der Waals surface area contributed by atoms with Crippen molar-refractivity contribution in [2.75, 3.05) is 32.8 Å². The lowest BCUT2D eigenvalue weighted by atomic mass is 9.89. The van der Waals surface area contributed by atoms with E-state index in [-0.39, 0.29) is 12.2 Å². The maximum atomic E-state index is 11.5. The number of rotatable bonds is 5. The molecule has 21 heavy (non-hydrogen) atoms. The van der Waals surface area contributed by atoms with Crippen LogP contribution in [-0.2, 0) is 14.3 Å². The van der Waals surface area contributed by atoms with Gasteiger partial charge < -0.3 is 14.8 Å². The minimum Gasteiger partial charge on any atom is -0.356 e. The zero-order chi connectivity index (χ0) is 14.5. The fourth-order valence-electron chi connectivity index (χ4n) is 3.87. The molecule has 0 radical (unpaired) electrons. The Morgan fingerprint density at radius 3 is 2.90 bits per heavy atom. The van der Waals surface area contributed by atoms with E-state index in [1.807, 2.05) is 0 Å². The van der Waals surface area contributed by atoms with Crippen molar-refractivity contribution < 1.29 is 14.3 Å². The van der Waals surface area contributed by atoms with Gasteiger partial charge in [0, 0.05) is 38.1 Å². The molecule has 3 aliphatic heterocycles. The summed E-state index contributed by atoms with van der Waals surface area (Å²) in [5.41, 5.74) is 0. The van der Waals surface area contributed by atoms with Crippen LogP contribution in [-0.4, -0.2) is 56.0 Å². The highest BCUT2D eigenvalue weighted by atomic mass is 16.7. The second kappa shape index (κ2) is 7.56. The number of hydrogen-bond donors (Lipinski definition) is 1. The van der Waals surface area contributed by atoms with Gasteiger partial charge in [-0.05, 0) is 38.6 Å². The highest BCUT2D eigenvalue weighted by molar-refractivity contribution is 5.78. The van der Waals surface area contributed by atoms with E-state index < -0.39 is 0 Å².